The van der Waals surface area contributed by atoms with E-state index < -0.39 is 26.6 Å². The van der Waals surface area contributed by atoms with Crippen LogP contribution in [0.5, 0.6) is 0 Å². The summed E-state index contributed by atoms with van der Waals surface area (Å²) in [7, 11) is 0.527. The van der Waals surface area contributed by atoms with Gasteiger partial charge in [-0.2, -0.15) is 4.98 Å². The molecule has 0 saturated heterocycles. The highest BCUT2D eigenvalue weighted by atomic mass is 32.2. The molecule has 1 spiro atoms. The standard InChI is InChI=1S/C30H40FN7O3S/c1-18(2)38-27-25(17-32-29(35-27)33-20-7-9-21(10-8-20)37(3)4)34-26(28(38)39)19-6-11-24(23(31)14-19)36-42(40,41)22-15-30(16-22)12-5-13-30/h6,11,14,17-18,20-22,36H,5,7-10,12-13,15-16H2,1-4H3,(H,32,33,35). The molecular weight excluding hydrogens is 557 g/mol. The fraction of sp³-hybridized carbons (Fsp3) is 0.600. The summed E-state index contributed by atoms with van der Waals surface area (Å²) in [5.74, 6) is -0.303. The summed E-state index contributed by atoms with van der Waals surface area (Å²) < 4.78 is 45.0. The molecule has 1 aromatic carbocycles. The number of aromatic nitrogens is 4. The second kappa shape index (κ2) is 10.9. The van der Waals surface area contributed by atoms with E-state index in [0.717, 1.165) is 51.0 Å². The average molecular weight is 598 g/mol. The molecule has 3 aliphatic rings. The normalized spacial score (nSPS) is 22.4. The maximum absolute atomic E-state index is 15.2. The zero-order chi connectivity index (χ0) is 29.8. The van der Waals surface area contributed by atoms with E-state index in [2.05, 4.69) is 44.0 Å². The Morgan fingerprint density at radius 2 is 1.81 bits per heavy atom. The van der Waals surface area contributed by atoms with Gasteiger partial charge in [0.15, 0.2) is 5.65 Å². The zero-order valence-electron chi connectivity index (χ0n) is 24.7. The first-order valence-corrected chi connectivity index (χ1v) is 16.5. The van der Waals surface area contributed by atoms with E-state index in [9.17, 15) is 13.2 Å². The number of halogens is 1. The number of rotatable bonds is 8. The molecule has 2 N–H and O–H groups in total. The predicted octanol–water partition coefficient (Wildman–Crippen LogP) is 4.93. The van der Waals surface area contributed by atoms with Gasteiger partial charge < -0.3 is 10.2 Å². The van der Waals surface area contributed by atoms with Gasteiger partial charge in [0.25, 0.3) is 5.56 Å². The molecule has 0 atom stereocenters. The monoisotopic (exact) mass is 597 g/mol. The van der Waals surface area contributed by atoms with Crippen LogP contribution in [0.3, 0.4) is 0 Å². The fourth-order valence-electron chi connectivity index (χ4n) is 6.85. The summed E-state index contributed by atoms with van der Waals surface area (Å²) >= 11 is 0. The topological polar surface area (TPSA) is 122 Å². The number of nitrogens with zero attached hydrogens (tertiary/aromatic N) is 5. The van der Waals surface area contributed by atoms with Crippen molar-refractivity contribution in [3.63, 3.8) is 0 Å². The molecule has 0 unspecified atom stereocenters. The number of sulfonamides is 1. The van der Waals surface area contributed by atoms with Gasteiger partial charge in [0.1, 0.15) is 17.0 Å². The highest BCUT2D eigenvalue weighted by Crippen LogP contribution is 2.57. The van der Waals surface area contributed by atoms with E-state index in [0.29, 0.717) is 36.0 Å². The first-order valence-electron chi connectivity index (χ1n) is 15.0. The van der Waals surface area contributed by atoms with Crippen LogP contribution in [0.15, 0.2) is 29.2 Å². The third-order valence-corrected chi connectivity index (χ3v) is 11.3. The summed E-state index contributed by atoms with van der Waals surface area (Å²) in [5.41, 5.74) is 0.799. The lowest BCUT2D eigenvalue weighted by Crippen LogP contribution is -2.50. The number of nitrogens with one attached hydrogen (secondary N) is 2. The number of anilines is 2. The summed E-state index contributed by atoms with van der Waals surface area (Å²) in [4.78, 5) is 29.6. The third-order valence-electron chi connectivity index (χ3n) is 9.58. The van der Waals surface area contributed by atoms with Gasteiger partial charge in [-0.3, -0.25) is 14.1 Å². The minimum Gasteiger partial charge on any atom is -0.351 e. The Bertz CT molecular complexity index is 1650. The Kier molecular flexibility index (Phi) is 7.49. The molecular formula is C30H40FN7O3S. The van der Waals surface area contributed by atoms with Crippen molar-refractivity contribution in [1.29, 1.82) is 0 Å². The molecule has 42 heavy (non-hydrogen) atoms. The highest BCUT2D eigenvalue weighted by molar-refractivity contribution is 7.93. The average Bonchev–Trinajstić information content (AvgIpc) is 2.87. The van der Waals surface area contributed by atoms with Crippen LogP contribution in [-0.4, -0.2) is 64.3 Å². The van der Waals surface area contributed by atoms with Crippen LogP contribution in [0.1, 0.15) is 77.7 Å². The Labute approximate surface area is 246 Å². The van der Waals surface area contributed by atoms with Crippen LogP contribution in [0.2, 0.25) is 0 Å². The molecule has 3 aromatic rings. The maximum atomic E-state index is 15.2. The van der Waals surface area contributed by atoms with Crippen LogP contribution in [0.4, 0.5) is 16.0 Å². The zero-order valence-corrected chi connectivity index (χ0v) is 25.5. The van der Waals surface area contributed by atoms with E-state index in [-0.39, 0.29) is 34.4 Å². The largest absolute Gasteiger partial charge is 0.351 e. The van der Waals surface area contributed by atoms with Crippen molar-refractivity contribution in [2.45, 2.75) is 95.0 Å². The SMILES string of the molecule is CC(C)n1c(=O)c(-c2ccc(NS(=O)(=O)C3CC4(CCC4)C3)c(F)c2)nc2cnc(NC3CCC(N(C)C)CC3)nc21. The van der Waals surface area contributed by atoms with Gasteiger partial charge in [-0.15, -0.1) is 0 Å². The maximum Gasteiger partial charge on any atom is 0.278 e. The van der Waals surface area contributed by atoms with Crippen molar-refractivity contribution in [2.75, 3.05) is 24.1 Å². The molecule has 2 heterocycles. The highest BCUT2D eigenvalue weighted by Gasteiger charge is 2.52. The van der Waals surface area contributed by atoms with Gasteiger partial charge in [-0.1, -0.05) is 12.5 Å². The van der Waals surface area contributed by atoms with Crippen LogP contribution >= 0.6 is 0 Å². The van der Waals surface area contributed by atoms with E-state index in [1.165, 1.54) is 12.1 Å². The molecule has 6 rings (SSSR count). The molecule has 0 bridgehead atoms. The van der Waals surface area contributed by atoms with E-state index >= 15 is 4.39 Å². The molecule has 3 fully saturated rings. The van der Waals surface area contributed by atoms with Crippen molar-refractivity contribution >= 4 is 32.8 Å². The van der Waals surface area contributed by atoms with E-state index in [1.807, 2.05) is 13.8 Å². The molecule has 3 aliphatic carbocycles. The van der Waals surface area contributed by atoms with Crippen LogP contribution in [-0.2, 0) is 10.0 Å². The second-order valence-corrected chi connectivity index (χ2v) is 14.9. The van der Waals surface area contributed by atoms with Crippen molar-refractivity contribution in [1.82, 2.24) is 24.4 Å². The molecule has 0 amide bonds. The van der Waals surface area contributed by atoms with Gasteiger partial charge in [0, 0.05) is 23.7 Å². The molecule has 10 nitrogen and oxygen atoms in total. The van der Waals surface area contributed by atoms with Gasteiger partial charge in [0.05, 0.1) is 17.1 Å². The predicted molar refractivity (Wildman–Crippen MR) is 163 cm³/mol. The summed E-state index contributed by atoms with van der Waals surface area (Å²) in [6, 6.07) is 4.64. The van der Waals surface area contributed by atoms with Gasteiger partial charge in [-0.25, -0.2) is 22.8 Å². The van der Waals surface area contributed by atoms with E-state index in [1.54, 1.807) is 10.8 Å². The number of hydrogen-bond donors (Lipinski definition) is 2. The summed E-state index contributed by atoms with van der Waals surface area (Å²) in [6.45, 7) is 3.77. The van der Waals surface area contributed by atoms with E-state index in [4.69, 9.17) is 0 Å². The number of hydrogen-bond acceptors (Lipinski definition) is 8. The molecule has 226 valence electrons. The molecule has 0 aliphatic heterocycles. The summed E-state index contributed by atoms with van der Waals surface area (Å²) in [5, 5.41) is 2.94. The van der Waals surface area contributed by atoms with Crippen molar-refractivity contribution < 1.29 is 12.8 Å². The number of benzene rings is 1. The minimum atomic E-state index is -3.70. The van der Waals surface area contributed by atoms with Crippen molar-refractivity contribution in [2.24, 2.45) is 5.41 Å². The lowest BCUT2D eigenvalue weighted by Gasteiger charge is -2.53. The Morgan fingerprint density at radius 3 is 2.40 bits per heavy atom. The smallest absolute Gasteiger partial charge is 0.278 e. The van der Waals surface area contributed by atoms with Gasteiger partial charge >= 0.3 is 0 Å². The first-order chi connectivity index (χ1) is 19.9. The van der Waals surface area contributed by atoms with Crippen LogP contribution in [0.25, 0.3) is 22.4 Å². The summed E-state index contributed by atoms with van der Waals surface area (Å²) in [6.07, 6.45) is 10.4. The van der Waals surface area contributed by atoms with Crippen LogP contribution < -0.4 is 15.6 Å². The van der Waals surface area contributed by atoms with Crippen molar-refractivity contribution in [3.05, 3.63) is 40.6 Å². The molecule has 12 heteroatoms. The molecule has 0 radical (unpaired) electrons. The fourth-order valence-corrected chi connectivity index (χ4v) is 8.63. The quantitative estimate of drug-likeness (QED) is 0.375. The number of fused-ring (bicyclic) bond motifs is 1. The van der Waals surface area contributed by atoms with Gasteiger partial charge in [0.2, 0.25) is 16.0 Å². The Morgan fingerprint density at radius 1 is 1.10 bits per heavy atom. The molecule has 3 saturated carbocycles. The Balaban J connectivity index is 1.24. The Hall–Kier alpha value is -3.12. The first kappa shape index (κ1) is 29.0. The lowest BCUT2D eigenvalue weighted by atomic mass is 9.56. The second-order valence-electron chi connectivity index (χ2n) is 13.0. The van der Waals surface area contributed by atoms with Crippen molar-refractivity contribution in [3.8, 4) is 11.3 Å². The van der Waals surface area contributed by atoms with Crippen LogP contribution in [0, 0.1) is 11.2 Å². The minimum absolute atomic E-state index is 0.0572. The van der Waals surface area contributed by atoms with Gasteiger partial charge in [-0.05, 0) is 96.9 Å². The lowest BCUT2D eigenvalue weighted by molar-refractivity contribution is 0.0353. The molecule has 2 aromatic heterocycles. The third kappa shape index (κ3) is 5.39.